The molecule has 0 saturated heterocycles. The molecule has 0 radical (unpaired) electrons. The Balaban J connectivity index is 2.30. The summed E-state index contributed by atoms with van der Waals surface area (Å²) in [5.41, 5.74) is 5.01. The van der Waals surface area contributed by atoms with Crippen LogP contribution in [0.15, 0.2) is 24.3 Å². The molecule has 0 aliphatic heterocycles. The molecule has 2 aromatic rings. The van der Waals surface area contributed by atoms with Crippen molar-refractivity contribution in [2.75, 3.05) is 5.43 Å². The summed E-state index contributed by atoms with van der Waals surface area (Å²) >= 11 is 1.98. The Morgan fingerprint density at radius 1 is 1.35 bits per heavy atom. The van der Waals surface area contributed by atoms with E-state index in [0.29, 0.717) is 20.4 Å². The van der Waals surface area contributed by atoms with Gasteiger partial charge in [-0.05, 0) is 60.7 Å². The predicted molar refractivity (Wildman–Crippen MR) is 83.8 cm³/mol. The Morgan fingerprint density at radius 2 is 2.05 bits per heavy atom. The number of phenolic OH excluding ortho intramolecular Hbond substituents is 1. The van der Waals surface area contributed by atoms with Crippen LogP contribution in [0.2, 0.25) is 0 Å². The van der Waals surface area contributed by atoms with Crippen molar-refractivity contribution in [1.82, 2.24) is 4.68 Å². The smallest absolute Gasteiger partial charge is 0.270 e. The Labute approximate surface area is 129 Å². The van der Waals surface area contributed by atoms with E-state index in [2.05, 4.69) is 5.43 Å². The minimum Gasteiger partial charge on any atom is -0.507 e. The average Bonchev–Trinajstić information content (AvgIpc) is 2.69. The van der Waals surface area contributed by atoms with Crippen LogP contribution < -0.4 is 5.43 Å². The highest BCUT2D eigenvalue weighted by molar-refractivity contribution is 14.1. The number of aromatic nitrogens is 1. The van der Waals surface area contributed by atoms with Crippen molar-refractivity contribution in [2.24, 2.45) is 0 Å². The van der Waals surface area contributed by atoms with Gasteiger partial charge in [-0.3, -0.25) is 19.7 Å². The van der Waals surface area contributed by atoms with Crippen LogP contribution in [0.4, 0.5) is 0 Å². The highest BCUT2D eigenvalue weighted by atomic mass is 127. The first kappa shape index (κ1) is 14.6. The van der Waals surface area contributed by atoms with Crippen molar-refractivity contribution in [3.8, 4) is 5.75 Å². The summed E-state index contributed by atoms with van der Waals surface area (Å²) in [4.78, 5) is 23.0. The highest BCUT2D eigenvalue weighted by Crippen LogP contribution is 2.20. The number of carbonyl (C=O) groups is 2. The van der Waals surface area contributed by atoms with Gasteiger partial charge < -0.3 is 5.11 Å². The number of nitrogens with one attached hydrogen (secondary N) is 1. The van der Waals surface area contributed by atoms with E-state index in [9.17, 15) is 14.7 Å². The SMILES string of the molecule is Cc1cc(C=O)c(C)n1NC(=O)c1ccc(I)c(O)c1. The summed E-state index contributed by atoms with van der Waals surface area (Å²) in [6.07, 6.45) is 0.752. The Kier molecular flexibility index (Phi) is 4.12. The molecule has 5 nitrogen and oxygen atoms in total. The van der Waals surface area contributed by atoms with E-state index in [0.717, 1.165) is 12.0 Å². The molecule has 0 atom stereocenters. The standard InChI is InChI=1S/C14H13IN2O3/c1-8-5-11(7-18)9(2)17(8)16-14(20)10-3-4-12(15)13(19)6-10/h3-7,19H,1-2H3,(H,16,20). The van der Waals surface area contributed by atoms with Gasteiger partial charge in [0.1, 0.15) is 5.75 Å². The van der Waals surface area contributed by atoms with Gasteiger partial charge >= 0.3 is 0 Å². The summed E-state index contributed by atoms with van der Waals surface area (Å²) in [5, 5.41) is 9.63. The summed E-state index contributed by atoms with van der Waals surface area (Å²) in [5.74, 6) is -0.288. The molecule has 0 aliphatic carbocycles. The summed E-state index contributed by atoms with van der Waals surface area (Å²) < 4.78 is 2.23. The van der Waals surface area contributed by atoms with Gasteiger partial charge in [0.15, 0.2) is 6.29 Å². The second kappa shape index (κ2) is 5.66. The van der Waals surface area contributed by atoms with Crippen LogP contribution in [-0.4, -0.2) is 22.0 Å². The second-order valence-corrected chi connectivity index (χ2v) is 5.55. The third-order valence-electron chi connectivity index (χ3n) is 3.02. The molecule has 1 heterocycles. The molecule has 0 unspecified atom stereocenters. The number of nitrogens with zero attached hydrogens (tertiary/aromatic N) is 1. The third kappa shape index (κ3) is 2.69. The van der Waals surface area contributed by atoms with E-state index in [1.807, 2.05) is 22.6 Å². The quantitative estimate of drug-likeness (QED) is 0.632. The van der Waals surface area contributed by atoms with Crippen molar-refractivity contribution < 1.29 is 14.7 Å². The van der Waals surface area contributed by atoms with Crippen LogP contribution in [0.25, 0.3) is 0 Å². The van der Waals surface area contributed by atoms with Crippen LogP contribution in [0.5, 0.6) is 5.75 Å². The third-order valence-corrected chi connectivity index (χ3v) is 3.93. The number of aldehydes is 1. The fraction of sp³-hybridized carbons (Fsp3) is 0.143. The molecule has 0 saturated carbocycles. The fourth-order valence-electron chi connectivity index (χ4n) is 1.90. The number of benzene rings is 1. The molecular weight excluding hydrogens is 371 g/mol. The maximum absolute atomic E-state index is 12.1. The zero-order valence-electron chi connectivity index (χ0n) is 11.0. The Morgan fingerprint density at radius 3 is 2.60 bits per heavy atom. The van der Waals surface area contributed by atoms with E-state index in [1.165, 1.54) is 6.07 Å². The van der Waals surface area contributed by atoms with Gasteiger partial charge in [0, 0.05) is 22.5 Å². The molecule has 0 spiro atoms. The lowest BCUT2D eigenvalue weighted by Crippen LogP contribution is -2.24. The molecule has 0 fully saturated rings. The van der Waals surface area contributed by atoms with E-state index in [4.69, 9.17) is 0 Å². The van der Waals surface area contributed by atoms with Crippen molar-refractivity contribution >= 4 is 34.8 Å². The molecule has 1 aromatic heterocycles. The first-order chi connectivity index (χ1) is 9.43. The lowest BCUT2D eigenvalue weighted by atomic mass is 10.2. The van der Waals surface area contributed by atoms with E-state index in [1.54, 1.807) is 36.7 Å². The van der Waals surface area contributed by atoms with Crippen molar-refractivity contribution in [2.45, 2.75) is 13.8 Å². The van der Waals surface area contributed by atoms with Crippen LogP contribution >= 0.6 is 22.6 Å². The van der Waals surface area contributed by atoms with Crippen molar-refractivity contribution in [1.29, 1.82) is 0 Å². The van der Waals surface area contributed by atoms with Gasteiger partial charge in [-0.1, -0.05) is 0 Å². The maximum atomic E-state index is 12.1. The number of amides is 1. The molecule has 0 aliphatic rings. The van der Waals surface area contributed by atoms with Crippen LogP contribution in [0.1, 0.15) is 32.1 Å². The lowest BCUT2D eigenvalue weighted by molar-refractivity contribution is 0.100. The number of phenols is 1. The Bertz CT molecular complexity index is 692. The van der Waals surface area contributed by atoms with E-state index in [-0.39, 0.29) is 11.7 Å². The minimum atomic E-state index is -0.351. The number of aryl methyl sites for hydroxylation is 1. The zero-order valence-corrected chi connectivity index (χ0v) is 13.1. The molecule has 104 valence electrons. The fourth-order valence-corrected chi connectivity index (χ4v) is 2.23. The maximum Gasteiger partial charge on any atom is 0.270 e. The summed E-state index contributed by atoms with van der Waals surface area (Å²) in [6.45, 7) is 3.55. The van der Waals surface area contributed by atoms with Crippen LogP contribution in [-0.2, 0) is 0 Å². The molecule has 2 rings (SSSR count). The van der Waals surface area contributed by atoms with Crippen molar-refractivity contribution in [3.63, 3.8) is 0 Å². The average molecular weight is 384 g/mol. The number of aromatic hydroxyl groups is 1. The lowest BCUT2D eigenvalue weighted by Gasteiger charge is -2.11. The number of halogens is 1. The molecule has 6 heteroatoms. The van der Waals surface area contributed by atoms with E-state index < -0.39 is 0 Å². The number of rotatable bonds is 3. The van der Waals surface area contributed by atoms with Crippen LogP contribution in [0.3, 0.4) is 0 Å². The predicted octanol–water partition coefficient (Wildman–Crippen LogP) is 2.61. The molecule has 20 heavy (non-hydrogen) atoms. The summed E-state index contributed by atoms with van der Waals surface area (Å²) in [7, 11) is 0. The minimum absolute atomic E-state index is 0.0628. The Hall–Kier alpha value is -1.83. The summed E-state index contributed by atoms with van der Waals surface area (Å²) in [6, 6.07) is 6.41. The molecule has 1 aromatic carbocycles. The van der Waals surface area contributed by atoms with Gasteiger partial charge in [-0.2, -0.15) is 0 Å². The number of hydrogen-bond donors (Lipinski definition) is 2. The van der Waals surface area contributed by atoms with Gasteiger partial charge in [0.2, 0.25) is 0 Å². The van der Waals surface area contributed by atoms with E-state index >= 15 is 0 Å². The normalized spacial score (nSPS) is 10.3. The molecule has 1 amide bonds. The van der Waals surface area contributed by atoms with Gasteiger partial charge in [-0.25, -0.2) is 0 Å². The monoisotopic (exact) mass is 384 g/mol. The molecule has 0 bridgehead atoms. The first-order valence-corrected chi connectivity index (χ1v) is 6.96. The van der Waals surface area contributed by atoms with Gasteiger partial charge in [0.05, 0.1) is 3.57 Å². The topological polar surface area (TPSA) is 71.3 Å². The largest absolute Gasteiger partial charge is 0.507 e. The van der Waals surface area contributed by atoms with Gasteiger partial charge in [-0.15, -0.1) is 0 Å². The molecule has 2 N–H and O–H groups in total. The van der Waals surface area contributed by atoms with Gasteiger partial charge in [0.25, 0.3) is 5.91 Å². The number of carbonyl (C=O) groups excluding carboxylic acids is 2. The van der Waals surface area contributed by atoms with Crippen molar-refractivity contribution in [3.05, 3.63) is 50.4 Å². The number of hydrogen-bond acceptors (Lipinski definition) is 3. The highest BCUT2D eigenvalue weighted by Gasteiger charge is 2.13. The van der Waals surface area contributed by atoms with Crippen LogP contribution in [0, 0.1) is 17.4 Å². The zero-order chi connectivity index (χ0) is 14.9. The first-order valence-electron chi connectivity index (χ1n) is 5.88. The second-order valence-electron chi connectivity index (χ2n) is 4.39. The molecular formula is C14H13IN2O3.